The number of methoxy groups -OCH3 is 2. The van der Waals surface area contributed by atoms with Crippen molar-refractivity contribution in [3.05, 3.63) is 23.8 Å². The Labute approximate surface area is 107 Å². The van der Waals surface area contributed by atoms with E-state index in [4.69, 9.17) is 19.7 Å². The summed E-state index contributed by atoms with van der Waals surface area (Å²) in [6, 6.07) is 5.78. The molecule has 1 aromatic carbocycles. The van der Waals surface area contributed by atoms with Gasteiger partial charge >= 0.3 is 0 Å². The Kier molecular flexibility index (Phi) is 6.49. The summed E-state index contributed by atoms with van der Waals surface area (Å²) in [7, 11) is 3.22. The van der Waals surface area contributed by atoms with Crippen LogP contribution in [-0.2, 0) is 6.42 Å². The predicted molar refractivity (Wildman–Crippen MR) is 69.2 cm³/mol. The molecule has 102 valence electrons. The molecule has 18 heavy (non-hydrogen) atoms. The van der Waals surface area contributed by atoms with Gasteiger partial charge in [0.05, 0.1) is 26.9 Å². The Balaban J connectivity index is 2.43. The van der Waals surface area contributed by atoms with E-state index in [1.807, 2.05) is 18.2 Å². The van der Waals surface area contributed by atoms with Crippen molar-refractivity contribution in [1.82, 2.24) is 5.32 Å². The molecular weight excluding hydrogens is 234 g/mol. The van der Waals surface area contributed by atoms with E-state index in [0.717, 1.165) is 18.5 Å². The summed E-state index contributed by atoms with van der Waals surface area (Å²) in [6.45, 7) is 0.902. The molecule has 5 nitrogen and oxygen atoms in total. The standard InChI is InChI=1S/C13H21NO4/c1-17-12-4-3-10(7-13(12)18-2)5-6-14-8-11(16)9-15/h3-4,7,11,14-16H,5-6,8-9H2,1-2H3. The average Bonchev–Trinajstić information content (AvgIpc) is 2.42. The van der Waals surface area contributed by atoms with Crippen molar-refractivity contribution in [3.63, 3.8) is 0 Å². The lowest BCUT2D eigenvalue weighted by atomic mass is 10.1. The highest BCUT2D eigenvalue weighted by Gasteiger charge is 2.05. The molecule has 0 fully saturated rings. The van der Waals surface area contributed by atoms with E-state index >= 15 is 0 Å². The van der Waals surface area contributed by atoms with E-state index in [-0.39, 0.29) is 6.61 Å². The number of nitrogens with one attached hydrogen (secondary N) is 1. The average molecular weight is 255 g/mol. The van der Waals surface area contributed by atoms with E-state index in [0.29, 0.717) is 18.0 Å². The zero-order chi connectivity index (χ0) is 13.4. The molecule has 0 saturated heterocycles. The van der Waals surface area contributed by atoms with Gasteiger partial charge in [-0.15, -0.1) is 0 Å². The molecule has 0 amide bonds. The smallest absolute Gasteiger partial charge is 0.160 e. The maximum absolute atomic E-state index is 9.16. The summed E-state index contributed by atoms with van der Waals surface area (Å²) in [5, 5.41) is 20.9. The highest BCUT2D eigenvalue weighted by Crippen LogP contribution is 2.27. The molecule has 0 aromatic heterocycles. The fourth-order valence-corrected chi connectivity index (χ4v) is 1.60. The van der Waals surface area contributed by atoms with Gasteiger partial charge in [0.15, 0.2) is 11.5 Å². The first-order valence-electron chi connectivity index (χ1n) is 5.91. The Morgan fingerprint density at radius 3 is 2.56 bits per heavy atom. The van der Waals surface area contributed by atoms with Gasteiger partial charge in [0.25, 0.3) is 0 Å². The van der Waals surface area contributed by atoms with Crippen molar-refractivity contribution in [2.45, 2.75) is 12.5 Å². The molecule has 1 aromatic rings. The number of hydrogen-bond acceptors (Lipinski definition) is 5. The number of ether oxygens (including phenoxy) is 2. The van der Waals surface area contributed by atoms with Gasteiger partial charge in [0, 0.05) is 6.54 Å². The summed E-state index contributed by atoms with van der Waals surface area (Å²) in [5.41, 5.74) is 1.12. The third-order valence-electron chi connectivity index (χ3n) is 2.63. The molecule has 1 rings (SSSR count). The van der Waals surface area contributed by atoms with Crippen molar-refractivity contribution in [1.29, 1.82) is 0 Å². The SMILES string of the molecule is COc1ccc(CCNCC(O)CO)cc1OC. The van der Waals surface area contributed by atoms with Crippen LogP contribution in [0.1, 0.15) is 5.56 Å². The topological polar surface area (TPSA) is 71.0 Å². The van der Waals surface area contributed by atoms with Crippen LogP contribution in [0.25, 0.3) is 0 Å². The number of benzene rings is 1. The van der Waals surface area contributed by atoms with Crippen LogP contribution in [-0.4, -0.2) is 50.2 Å². The molecule has 5 heteroatoms. The zero-order valence-electron chi connectivity index (χ0n) is 10.8. The number of aliphatic hydroxyl groups is 2. The molecular formula is C13H21NO4. The quantitative estimate of drug-likeness (QED) is 0.578. The van der Waals surface area contributed by atoms with E-state index < -0.39 is 6.10 Å². The first-order chi connectivity index (χ1) is 8.71. The van der Waals surface area contributed by atoms with Gasteiger partial charge in [0.1, 0.15) is 0 Å². The van der Waals surface area contributed by atoms with Gasteiger partial charge in [-0.05, 0) is 30.7 Å². The minimum Gasteiger partial charge on any atom is -0.493 e. The number of rotatable bonds is 8. The molecule has 0 saturated carbocycles. The van der Waals surface area contributed by atoms with Crippen molar-refractivity contribution < 1.29 is 19.7 Å². The maximum atomic E-state index is 9.16. The molecule has 0 heterocycles. The van der Waals surface area contributed by atoms with Crippen LogP contribution in [0.4, 0.5) is 0 Å². The second-order valence-corrected chi connectivity index (χ2v) is 3.98. The lowest BCUT2D eigenvalue weighted by Crippen LogP contribution is -2.30. The fourth-order valence-electron chi connectivity index (χ4n) is 1.60. The number of aliphatic hydroxyl groups excluding tert-OH is 2. The first kappa shape index (κ1) is 14.8. The van der Waals surface area contributed by atoms with Gasteiger partial charge in [-0.2, -0.15) is 0 Å². The third-order valence-corrected chi connectivity index (χ3v) is 2.63. The van der Waals surface area contributed by atoms with Gasteiger partial charge in [-0.1, -0.05) is 6.07 Å². The fraction of sp³-hybridized carbons (Fsp3) is 0.538. The Morgan fingerprint density at radius 2 is 1.94 bits per heavy atom. The van der Waals surface area contributed by atoms with Crippen LogP contribution in [0, 0.1) is 0 Å². The summed E-state index contributed by atoms with van der Waals surface area (Å²) in [5.74, 6) is 1.43. The lowest BCUT2D eigenvalue weighted by molar-refractivity contribution is 0.0947. The van der Waals surface area contributed by atoms with Crippen LogP contribution in [0.5, 0.6) is 11.5 Å². The monoisotopic (exact) mass is 255 g/mol. The van der Waals surface area contributed by atoms with Crippen LogP contribution in [0.15, 0.2) is 18.2 Å². The molecule has 0 aliphatic carbocycles. The molecule has 1 unspecified atom stereocenters. The van der Waals surface area contributed by atoms with Gasteiger partial charge in [-0.3, -0.25) is 0 Å². The molecule has 0 radical (unpaired) electrons. The molecule has 0 aliphatic rings. The summed E-state index contributed by atoms with van der Waals surface area (Å²) >= 11 is 0. The minimum atomic E-state index is -0.699. The minimum absolute atomic E-state index is 0.219. The second-order valence-electron chi connectivity index (χ2n) is 3.98. The normalized spacial score (nSPS) is 12.2. The molecule has 0 spiro atoms. The molecule has 1 atom stereocenters. The zero-order valence-corrected chi connectivity index (χ0v) is 10.8. The van der Waals surface area contributed by atoms with E-state index in [9.17, 15) is 0 Å². The van der Waals surface area contributed by atoms with Crippen LogP contribution in [0.3, 0.4) is 0 Å². The van der Waals surface area contributed by atoms with Crippen LogP contribution in [0.2, 0.25) is 0 Å². The highest BCUT2D eigenvalue weighted by atomic mass is 16.5. The highest BCUT2D eigenvalue weighted by molar-refractivity contribution is 5.42. The summed E-state index contributed by atoms with van der Waals surface area (Å²) in [6.07, 6.45) is 0.119. The van der Waals surface area contributed by atoms with Gasteiger partial charge < -0.3 is 25.0 Å². The van der Waals surface area contributed by atoms with E-state index in [1.54, 1.807) is 14.2 Å². The van der Waals surface area contributed by atoms with Crippen molar-refractivity contribution in [2.75, 3.05) is 33.9 Å². The van der Waals surface area contributed by atoms with Gasteiger partial charge in [0.2, 0.25) is 0 Å². The third kappa shape index (κ3) is 4.52. The van der Waals surface area contributed by atoms with Crippen molar-refractivity contribution in [3.8, 4) is 11.5 Å². The molecule has 0 bridgehead atoms. The number of hydrogen-bond donors (Lipinski definition) is 3. The van der Waals surface area contributed by atoms with E-state index in [2.05, 4.69) is 5.32 Å². The summed E-state index contributed by atoms with van der Waals surface area (Å²) < 4.78 is 10.4. The second kappa shape index (κ2) is 7.92. The maximum Gasteiger partial charge on any atom is 0.160 e. The van der Waals surface area contributed by atoms with E-state index in [1.165, 1.54) is 0 Å². The van der Waals surface area contributed by atoms with Crippen molar-refractivity contribution >= 4 is 0 Å². The first-order valence-corrected chi connectivity index (χ1v) is 5.91. The Morgan fingerprint density at radius 1 is 1.22 bits per heavy atom. The lowest BCUT2D eigenvalue weighted by Gasteiger charge is -2.11. The van der Waals surface area contributed by atoms with Crippen LogP contribution < -0.4 is 14.8 Å². The Hall–Kier alpha value is -1.30. The predicted octanol–water partition coefficient (Wildman–Crippen LogP) is 0.189. The van der Waals surface area contributed by atoms with Gasteiger partial charge in [-0.25, -0.2) is 0 Å². The Bertz CT molecular complexity index is 357. The largest absolute Gasteiger partial charge is 0.493 e. The van der Waals surface area contributed by atoms with Crippen LogP contribution >= 0.6 is 0 Å². The van der Waals surface area contributed by atoms with Crippen molar-refractivity contribution in [2.24, 2.45) is 0 Å². The molecule has 0 aliphatic heterocycles. The summed E-state index contributed by atoms with van der Waals surface area (Å²) in [4.78, 5) is 0. The molecule has 3 N–H and O–H groups in total.